The molecule has 0 heteroatoms. The molecule has 0 amide bonds. The van der Waals surface area contributed by atoms with Gasteiger partial charge in [0.25, 0.3) is 0 Å². The fraction of sp³-hybridized carbons (Fsp3) is 1.00. The highest BCUT2D eigenvalue weighted by molar-refractivity contribution is 4.66. The Hall–Kier alpha value is 0. The lowest BCUT2D eigenvalue weighted by atomic mass is 9.84. The van der Waals surface area contributed by atoms with E-state index >= 15 is 0 Å². The van der Waals surface area contributed by atoms with Gasteiger partial charge in [-0.25, -0.2) is 0 Å². The molecule has 23 heavy (non-hydrogen) atoms. The highest BCUT2D eigenvalue weighted by atomic mass is 14.2. The fourth-order valence-corrected chi connectivity index (χ4v) is 3.84. The van der Waals surface area contributed by atoms with Gasteiger partial charge in [-0.15, -0.1) is 0 Å². The number of unbranched alkanes of at least 4 members (excludes halogenated alkanes) is 9. The van der Waals surface area contributed by atoms with Gasteiger partial charge in [-0.1, -0.05) is 125 Å². The molecule has 0 aliphatic rings. The van der Waals surface area contributed by atoms with Gasteiger partial charge in [0.05, 0.1) is 0 Å². The van der Waals surface area contributed by atoms with Crippen LogP contribution < -0.4 is 0 Å². The summed E-state index contributed by atoms with van der Waals surface area (Å²) in [5.74, 6) is 2.79. The molecule has 0 fully saturated rings. The lowest BCUT2D eigenvalue weighted by Crippen LogP contribution is -2.10. The third-order valence-corrected chi connectivity index (χ3v) is 5.68. The van der Waals surface area contributed by atoms with Gasteiger partial charge in [-0.3, -0.25) is 0 Å². The minimum absolute atomic E-state index is 0.877. The van der Waals surface area contributed by atoms with Crippen molar-refractivity contribution in [3.63, 3.8) is 0 Å². The Balaban J connectivity index is 3.53. The van der Waals surface area contributed by atoms with Crippen molar-refractivity contribution in [1.82, 2.24) is 0 Å². The van der Waals surface area contributed by atoms with Gasteiger partial charge in [-0.2, -0.15) is 0 Å². The summed E-state index contributed by atoms with van der Waals surface area (Å²) in [6.07, 6.45) is 21.8. The van der Waals surface area contributed by atoms with Crippen LogP contribution in [-0.4, -0.2) is 0 Å². The van der Waals surface area contributed by atoms with Gasteiger partial charge in [-0.05, 0) is 24.2 Å². The number of rotatable bonds is 17. The second-order valence-corrected chi connectivity index (χ2v) is 8.45. The molecule has 140 valence electrons. The van der Waals surface area contributed by atoms with Crippen LogP contribution in [0.25, 0.3) is 0 Å². The molecule has 0 aliphatic carbocycles. The maximum atomic E-state index is 2.45. The molecule has 0 rings (SSSR count). The van der Waals surface area contributed by atoms with E-state index in [1.54, 1.807) is 0 Å². The molecule has 0 heterocycles. The average molecular weight is 325 g/mol. The van der Waals surface area contributed by atoms with Crippen LogP contribution in [0.5, 0.6) is 0 Å². The van der Waals surface area contributed by atoms with Crippen molar-refractivity contribution in [3.05, 3.63) is 0 Å². The van der Waals surface area contributed by atoms with Crippen LogP contribution >= 0.6 is 0 Å². The van der Waals surface area contributed by atoms with E-state index in [1.165, 1.54) is 96.3 Å². The zero-order chi connectivity index (χ0) is 17.3. The first-order chi connectivity index (χ1) is 11.1. The van der Waals surface area contributed by atoms with Gasteiger partial charge in [0.2, 0.25) is 0 Å². The van der Waals surface area contributed by atoms with Crippen molar-refractivity contribution in [3.8, 4) is 0 Å². The SMILES string of the molecule is CCCCCCCCCCCCC(CCC(C)CCC)C(C)C. The van der Waals surface area contributed by atoms with E-state index in [-0.39, 0.29) is 0 Å². The molecule has 0 aromatic heterocycles. The topological polar surface area (TPSA) is 0 Å². The normalized spacial score (nSPS) is 14.3. The first-order valence-electron chi connectivity index (χ1n) is 11.1. The summed E-state index contributed by atoms with van der Waals surface area (Å²) in [6.45, 7) is 11.9. The molecule has 0 saturated heterocycles. The fourth-order valence-electron chi connectivity index (χ4n) is 3.84. The third-order valence-electron chi connectivity index (χ3n) is 5.68. The summed E-state index contributed by atoms with van der Waals surface area (Å²) < 4.78 is 0. The Labute approximate surface area is 149 Å². The predicted molar refractivity (Wildman–Crippen MR) is 108 cm³/mol. The molecular weight excluding hydrogens is 276 g/mol. The van der Waals surface area contributed by atoms with E-state index in [0.29, 0.717) is 0 Å². The molecule has 0 spiro atoms. The Morgan fingerprint density at radius 1 is 0.478 bits per heavy atom. The molecule has 0 nitrogen and oxygen atoms in total. The van der Waals surface area contributed by atoms with Crippen molar-refractivity contribution in [2.75, 3.05) is 0 Å². The van der Waals surface area contributed by atoms with E-state index in [1.807, 2.05) is 0 Å². The minimum Gasteiger partial charge on any atom is -0.0654 e. The first kappa shape index (κ1) is 23.0. The van der Waals surface area contributed by atoms with E-state index in [0.717, 1.165) is 17.8 Å². The van der Waals surface area contributed by atoms with Crippen LogP contribution in [0.15, 0.2) is 0 Å². The highest BCUT2D eigenvalue weighted by Crippen LogP contribution is 2.27. The molecule has 2 unspecified atom stereocenters. The lowest BCUT2D eigenvalue weighted by molar-refractivity contribution is 0.293. The van der Waals surface area contributed by atoms with Crippen LogP contribution in [0.1, 0.15) is 131 Å². The number of hydrogen-bond donors (Lipinski definition) is 0. The quantitative estimate of drug-likeness (QED) is 0.234. The van der Waals surface area contributed by atoms with Crippen LogP contribution in [-0.2, 0) is 0 Å². The Bertz CT molecular complexity index is 218. The van der Waals surface area contributed by atoms with Gasteiger partial charge >= 0.3 is 0 Å². The van der Waals surface area contributed by atoms with Gasteiger partial charge in [0.15, 0.2) is 0 Å². The Morgan fingerprint density at radius 3 is 1.48 bits per heavy atom. The second kappa shape index (κ2) is 16.8. The molecule has 0 saturated carbocycles. The molecule has 0 N–H and O–H groups in total. The Kier molecular flexibility index (Phi) is 16.8. The van der Waals surface area contributed by atoms with Crippen LogP contribution in [0.3, 0.4) is 0 Å². The second-order valence-electron chi connectivity index (χ2n) is 8.45. The van der Waals surface area contributed by atoms with Crippen molar-refractivity contribution in [2.45, 2.75) is 131 Å². The first-order valence-corrected chi connectivity index (χ1v) is 11.1. The molecular formula is C23H48. The summed E-state index contributed by atoms with van der Waals surface area (Å²) in [7, 11) is 0. The molecule has 2 atom stereocenters. The number of hydrogen-bond acceptors (Lipinski definition) is 0. The smallest absolute Gasteiger partial charge is 0.0391 e. The summed E-state index contributed by atoms with van der Waals surface area (Å²) in [5.41, 5.74) is 0. The zero-order valence-electron chi connectivity index (χ0n) is 17.3. The van der Waals surface area contributed by atoms with Crippen LogP contribution in [0.4, 0.5) is 0 Å². The van der Waals surface area contributed by atoms with Crippen molar-refractivity contribution in [1.29, 1.82) is 0 Å². The maximum absolute atomic E-state index is 2.45. The molecule has 0 aliphatic heterocycles. The minimum atomic E-state index is 0.877. The van der Waals surface area contributed by atoms with Gasteiger partial charge in [0, 0.05) is 0 Å². The van der Waals surface area contributed by atoms with Gasteiger partial charge < -0.3 is 0 Å². The monoisotopic (exact) mass is 324 g/mol. The molecule has 0 aromatic rings. The maximum Gasteiger partial charge on any atom is -0.0391 e. The molecule has 0 aromatic carbocycles. The summed E-state index contributed by atoms with van der Waals surface area (Å²) in [4.78, 5) is 0. The van der Waals surface area contributed by atoms with E-state index in [4.69, 9.17) is 0 Å². The van der Waals surface area contributed by atoms with Crippen molar-refractivity contribution in [2.24, 2.45) is 17.8 Å². The summed E-state index contributed by atoms with van der Waals surface area (Å²) in [5, 5.41) is 0. The van der Waals surface area contributed by atoms with E-state index < -0.39 is 0 Å². The summed E-state index contributed by atoms with van der Waals surface area (Å²) >= 11 is 0. The van der Waals surface area contributed by atoms with Crippen LogP contribution in [0.2, 0.25) is 0 Å². The summed E-state index contributed by atoms with van der Waals surface area (Å²) in [6, 6.07) is 0. The van der Waals surface area contributed by atoms with E-state index in [9.17, 15) is 0 Å². The van der Waals surface area contributed by atoms with Crippen molar-refractivity contribution >= 4 is 0 Å². The van der Waals surface area contributed by atoms with Crippen LogP contribution in [0, 0.1) is 17.8 Å². The predicted octanol–water partition coefficient (Wildman–Crippen LogP) is 8.79. The largest absolute Gasteiger partial charge is 0.0654 e. The Morgan fingerprint density at radius 2 is 1.00 bits per heavy atom. The molecule has 0 radical (unpaired) electrons. The third kappa shape index (κ3) is 15.3. The van der Waals surface area contributed by atoms with E-state index in [2.05, 4.69) is 34.6 Å². The lowest BCUT2D eigenvalue weighted by Gasteiger charge is -2.22. The average Bonchev–Trinajstić information content (AvgIpc) is 2.51. The van der Waals surface area contributed by atoms with Crippen molar-refractivity contribution < 1.29 is 0 Å². The standard InChI is InChI=1S/C23H48/c1-6-8-9-10-11-12-13-14-15-16-18-23(21(3)4)20-19-22(5)17-7-2/h21-23H,6-20H2,1-5H3. The zero-order valence-corrected chi connectivity index (χ0v) is 17.3. The van der Waals surface area contributed by atoms with Gasteiger partial charge in [0.1, 0.15) is 0 Å². The molecule has 0 bridgehead atoms. The highest BCUT2D eigenvalue weighted by Gasteiger charge is 2.14.